The summed E-state index contributed by atoms with van der Waals surface area (Å²) in [7, 11) is 1.61. The first-order chi connectivity index (χ1) is 11.1. The molecule has 6 heteroatoms. The van der Waals surface area contributed by atoms with Crippen LogP contribution in [0.3, 0.4) is 0 Å². The zero-order valence-electron chi connectivity index (χ0n) is 13.2. The minimum atomic E-state index is -0.572. The quantitative estimate of drug-likeness (QED) is 0.825. The van der Waals surface area contributed by atoms with Crippen molar-refractivity contribution in [1.82, 2.24) is 10.2 Å². The van der Waals surface area contributed by atoms with Gasteiger partial charge in [0.15, 0.2) is 0 Å². The van der Waals surface area contributed by atoms with Crippen molar-refractivity contribution < 1.29 is 19.4 Å². The minimum absolute atomic E-state index is 0.00373. The van der Waals surface area contributed by atoms with Crippen LogP contribution in [0.25, 0.3) is 0 Å². The Balaban J connectivity index is 1.84. The summed E-state index contributed by atoms with van der Waals surface area (Å²) in [6.07, 6.45) is 1.86. The molecule has 124 valence electrons. The molecular formula is C17H22N2O4. The molecule has 0 aromatic heterocycles. The number of amides is 2. The van der Waals surface area contributed by atoms with Crippen LogP contribution in [-0.2, 0) is 15.0 Å². The predicted molar refractivity (Wildman–Crippen MR) is 84.1 cm³/mol. The smallest absolute Gasteiger partial charge is 0.242 e. The summed E-state index contributed by atoms with van der Waals surface area (Å²) in [5.74, 6) is 0.577. The lowest BCUT2D eigenvalue weighted by Crippen LogP contribution is -2.59. The van der Waals surface area contributed by atoms with Crippen molar-refractivity contribution in [3.8, 4) is 5.75 Å². The van der Waals surface area contributed by atoms with Gasteiger partial charge < -0.3 is 20.1 Å². The number of hydrogen-bond acceptors (Lipinski definition) is 4. The van der Waals surface area contributed by atoms with Gasteiger partial charge in [-0.25, -0.2) is 0 Å². The van der Waals surface area contributed by atoms with E-state index >= 15 is 0 Å². The largest absolute Gasteiger partial charge is 0.497 e. The molecule has 1 aromatic rings. The number of carbonyl (C=O) groups is 2. The van der Waals surface area contributed by atoms with E-state index < -0.39 is 11.5 Å². The van der Waals surface area contributed by atoms with Gasteiger partial charge in [0.1, 0.15) is 11.8 Å². The van der Waals surface area contributed by atoms with Gasteiger partial charge in [-0.1, -0.05) is 12.1 Å². The molecule has 2 amide bonds. The number of piperazine rings is 1. The summed E-state index contributed by atoms with van der Waals surface area (Å²) in [5.41, 5.74) is 0.453. The van der Waals surface area contributed by atoms with Crippen molar-refractivity contribution in [3.05, 3.63) is 29.8 Å². The van der Waals surface area contributed by atoms with E-state index in [4.69, 9.17) is 4.74 Å². The molecule has 23 heavy (non-hydrogen) atoms. The highest BCUT2D eigenvalue weighted by Crippen LogP contribution is 2.50. The first-order valence-electron chi connectivity index (χ1n) is 7.96. The van der Waals surface area contributed by atoms with E-state index in [0.29, 0.717) is 13.1 Å². The second-order valence-corrected chi connectivity index (χ2v) is 6.13. The van der Waals surface area contributed by atoms with Crippen LogP contribution in [-0.4, -0.2) is 54.7 Å². The van der Waals surface area contributed by atoms with Crippen LogP contribution in [0.4, 0.5) is 0 Å². The van der Waals surface area contributed by atoms with Crippen LogP contribution in [0, 0.1) is 0 Å². The summed E-state index contributed by atoms with van der Waals surface area (Å²) in [4.78, 5) is 26.8. The molecular weight excluding hydrogens is 296 g/mol. The Hall–Kier alpha value is -2.08. The molecule has 0 spiro atoms. The zero-order chi connectivity index (χ0) is 16.4. The molecule has 1 unspecified atom stereocenters. The zero-order valence-corrected chi connectivity index (χ0v) is 13.2. The highest BCUT2D eigenvalue weighted by Gasteiger charge is 2.54. The fourth-order valence-electron chi connectivity index (χ4n) is 3.30. The van der Waals surface area contributed by atoms with Crippen LogP contribution in [0.5, 0.6) is 5.75 Å². The van der Waals surface area contributed by atoms with Gasteiger partial charge in [-0.05, 0) is 37.0 Å². The van der Waals surface area contributed by atoms with Crippen LogP contribution < -0.4 is 10.1 Å². The van der Waals surface area contributed by atoms with Crippen molar-refractivity contribution in [1.29, 1.82) is 0 Å². The van der Waals surface area contributed by atoms with Gasteiger partial charge in [0, 0.05) is 19.7 Å². The first-order valence-corrected chi connectivity index (χ1v) is 7.96. The SMILES string of the molecule is COc1ccc(C2(C(=O)N3CCNC(=O)C3CCO)CC2)cc1. The standard InChI is InChI=1S/C17H22N2O4/c1-23-13-4-2-12(3-5-13)17(7-8-17)16(22)19-10-9-18-15(21)14(19)6-11-20/h2-5,14,20H,6-11H2,1H3,(H,18,21). The molecule has 1 heterocycles. The van der Waals surface area contributed by atoms with E-state index in [9.17, 15) is 14.7 Å². The molecule has 0 radical (unpaired) electrons. The molecule has 1 atom stereocenters. The number of aliphatic hydroxyl groups is 1. The van der Waals surface area contributed by atoms with Crippen LogP contribution >= 0.6 is 0 Å². The summed E-state index contributed by atoms with van der Waals surface area (Å²) < 4.78 is 5.17. The number of aliphatic hydroxyl groups excluding tert-OH is 1. The Labute approximate surface area is 135 Å². The van der Waals surface area contributed by atoms with Gasteiger partial charge in [-0.3, -0.25) is 9.59 Å². The molecule has 0 bridgehead atoms. The van der Waals surface area contributed by atoms with E-state index in [2.05, 4.69) is 5.32 Å². The highest BCUT2D eigenvalue weighted by molar-refractivity contribution is 5.96. The minimum Gasteiger partial charge on any atom is -0.497 e. The van der Waals surface area contributed by atoms with Crippen molar-refractivity contribution in [3.63, 3.8) is 0 Å². The monoisotopic (exact) mass is 318 g/mol. The fraction of sp³-hybridized carbons (Fsp3) is 0.529. The molecule has 1 aliphatic heterocycles. The highest BCUT2D eigenvalue weighted by atomic mass is 16.5. The Morgan fingerprint density at radius 1 is 1.39 bits per heavy atom. The van der Waals surface area contributed by atoms with Crippen molar-refractivity contribution in [2.45, 2.75) is 30.7 Å². The van der Waals surface area contributed by atoms with E-state index in [0.717, 1.165) is 24.2 Å². The van der Waals surface area contributed by atoms with E-state index in [1.165, 1.54) is 0 Å². The third-order valence-electron chi connectivity index (χ3n) is 4.80. The summed E-state index contributed by atoms with van der Waals surface area (Å²) >= 11 is 0. The maximum Gasteiger partial charge on any atom is 0.242 e. The average Bonchev–Trinajstić information content (AvgIpc) is 3.38. The van der Waals surface area contributed by atoms with Gasteiger partial charge in [-0.2, -0.15) is 0 Å². The lowest BCUT2D eigenvalue weighted by Gasteiger charge is -2.37. The molecule has 2 aliphatic rings. The fourth-order valence-corrected chi connectivity index (χ4v) is 3.30. The Kier molecular flexibility index (Phi) is 4.26. The normalized spacial score (nSPS) is 22.4. The maximum absolute atomic E-state index is 13.1. The molecule has 2 fully saturated rings. The number of carbonyl (C=O) groups excluding carboxylic acids is 2. The molecule has 1 saturated carbocycles. The summed E-state index contributed by atoms with van der Waals surface area (Å²) in [6, 6.07) is 6.99. The Bertz CT molecular complexity index is 595. The van der Waals surface area contributed by atoms with Gasteiger partial charge in [-0.15, -0.1) is 0 Å². The van der Waals surface area contributed by atoms with Gasteiger partial charge >= 0.3 is 0 Å². The Morgan fingerprint density at radius 2 is 2.09 bits per heavy atom. The lowest BCUT2D eigenvalue weighted by molar-refractivity contribution is -0.145. The number of nitrogens with zero attached hydrogens (tertiary/aromatic N) is 1. The molecule has 3 rings (SSSR count). The molecule has 2 N–H and O–H groups in total. The number of benzene rings is 1. The van der Waals surface area contributed by atoms with Gasteiger partial charge in [0.25, 0.3) is 0 Å². The van der Waals surface area contributed by atoms with Crippen molar-refractivity contribution >= 4 is 11.8 Å². The van der Waals surface area contributed by atoms with E-state index in [1.54, 1.807) is 12.0 Å². The second-order valence-electron chi connectivity index (χ2n) is 6.13. The van der Waals surface area contributed by atoms with E-state index in [1.807, 2.05) is 24.3 Å². The molecule has 1 aromatic carbocycles. The number of rotatable bonds is 5. The summed E-state index contributed by atoms with van der Waals surface area (Å²) in [6.45, 7) is 0.843. The number of methoxy groups -OCH3 is 1. The van der Waals surface area contributed by atoms with E-state index in [-0.39, 0.29) is 24.8 Å². The Morgan fingerprint density at radius 3 is 2.65 bits per heavy atom. The molecule has 1 aliphatic carbocycles. The first kappa shape index (κ1) is 15.8. The van der Waals surface area contributed by atoms with Crippen LogP contribution in [0.2, 0.25) is 0 Å². The predicted octanol–water partition coefficient (Wildman–Crippen LogP) is 0.436. The topological polar surface area (TPSA) is 78.9 Å². The van der Waals surface area contributed by atoms with Crippen molar-refractivity contribution in [2.24, 2.45) is 0 Å². The number of hydrogen-bond donors (Lipinski definition) is 2. The third kappa shape index (κ3) is 2.79. The van der Waals surface area contributed by atoms with Gasteiger partial charge in [0.2, 0.25) is 11.8 Å². The van der Waals surface area contributed by atoms with Gasteiger partial charge in [0.05, 0.1) is 12.5 Å². The number of ether oxygens (including phenoxy) is 1. The van der Waals surface area contributed by atoms with Crippen LogP contribution in [0.15, 0.2) is 24.3 Å². The van der Waals surface area contributed by atoms with Crippen molar-refractivity contribution in [2.75, 3.05) is 26.8 Å². The summed E-state index contributed by atoms with van der Waals surface area (Å²) in [5, 5.41) is 12.0. The average molecular weight is 318 g/mol. The lowest BCUT2D eigenvalue weighted by atomic mass is 9.92. The molecule has 1 saturated heterocycles. The molecule has 6 nitrogen and oxygen atoms in total. The number of nitrogens with one attached hydrogen (secondary N) is 1. The second kappa shape index (κ2) is 6.20. The van der Waals surface area contributed by atoms with Crippen LogP contribution in [0.1, 0.15) is 24.8 Å². The maximum atomic E-state index is 13.1. The third-order valence-corrected chi connectivity index (χ3v) is 4.80.